The molecule has 0 radical (unpaired) electrons. The third-order valence-corrected chi connectivity index (χ3v) is 5.08. The van der Waals surface area contributed by atoms with E-state index in [-0.39, 0.29) is 35.8 Å². The zero-order valence-electron chi connectivity index (χ0n) is 16.1. The largest absolute Gasteiger partial charge is 0.354 e. The highest BCUT2D eigenvalue weighted by Crippen LogP contribution is 2.20. The van der Waals surface area contributed by atoms with Gasteiger partial charge in [0.2, 0.25) is 11.8 Å². The topological polar surface area (TPSA) is 82.8 Å². The Morgan fingerprint density at radius 3 is 2.70 bits per heavy atom. The summed E-state index contributed by atoms with van der Waals surface area (Å²) < 4.78 is 1.84. The molecule has 8 nitrogen and oxygen atoms in total. The molecular formula is C18H29IN6O2. The van der Waals surface area contributed by atoms with E-state index in [1.54, 1.807) is 7.05 Å². The summed E-state index contributed by atoms with van der Waals surface area (Å²) in [4.78, 5) is 31.7. The summed E-state index contributed by atoms with van der Waals surface area (Å²) in [7, 11) is 3.71. The van der Waals surface area contributed by atoms with Gasteiger partial charge < -0.3 is 10.2 Å². The van der Waals surface area contributed by atoms with Gasteiger partial charge in [-0.25, -0.2) is 0 Å². The number of guanidine groups is 1. The number of hydrogen-bond donors (Lipinski definition) is 1. The van der Waals surface area contributed by atoms with Crippen molar-refractivity contribution in [2.75, 3.05) is 33.2 Å². The van der Waals surface area contributed by atoms with Gasteiger partial charge in [-0.05, 0) is 30.7 Å². The third kappa shape index (κ3) is 5.66. The second kappa shape index (κ2) is 10.0. The number of aromatic nitrogens is 2. The fraction of sp³-hybridized carbons (Fsp3) is 0.667. The third-order valence-electron chi connectivity index (χ3n) is 5.08. The lowest BCUT2D eigenvalue weighted by Gasteiger charge is -2.26. The molecule has 1 aromatic rings. The van der Waals surface area contributed by atoms with Crippen molar-refractivity contribution in [3.63, 3.8) is 0 Å². The van der Waals surface area contributed by atoms with Gasteiger partial charge in [0.1, 0.15) is 0 Å². The average molecular weight is 488 g/mol. The first-order valence-electron chi connectivity index (χ1n) is 9.33. The van der Waals surface area contributed by atoms with E-state index in [1.165, 1.54) is 10.5 Å². The minimum atomic E-state index is -0.0595. The van der Waals surface area contributed by atoms with Crippen molar-refractivity contribution in [2.45, 2.75) is 32.1 Å². The molecule has 2 fully saturated rings. The van der Waals surface area contributed by atoms with E-state index in [0.29, 0.717) is 38.3 Å². The smallest absolute Gasteiger partial charge is 0.229 e. The first-order valence-corrected chi connectivity index (χ1v) is 9.33. The Kier molecular flexibility index (Phi) is 8.06. The molecule has 0 bridgehead atoms. The molecule has 9 heteroatoms. The molecule has 1 atom stereocenters. The number of likely N-dealkylation sites (tertiary alicyclic amines) is 2. The van der Waals surface area contributed by atoms with Gasteiger partial charge >= 0.3 is 0 Å². The lowest BCUT2D eigenvalue weighted by Crippen LogP contribution is -2.47. The lowest BCUT2D eigenvalue weighted by atomic mass is 10.0. The van der Waals surface area contributed by atoms with Gasteiger partial charge in [0.05, 0.1) is 6.20 Å². The summed E-state index contributed by atoms with van der Waals surface area (Å²) in [6.45, 7) is 2.86. The molecule has 0 aromatic carbocycles. The molecule has 27 heavy (non-hydrogen) atoms. The van der Waals surface area contributed by atoms with Crippen LogP contribution in [0.25, 0.3) is 0 Å². The highest BCUT2D eigenvalue weighted by molar-refractivity contribution is 14.0. The van der Waals surface area contributed by atoms with Gasteiger partial charge in [-0.15, -0.1) is 24.0 Å². The van der Waals surface area contributed by atoms with Gasteiger partial charge in [-0.2, -0.15) is 5.10 Å². The zero-order chi connectivity index (χ0) is 18.5. The first-order chi connectivity index (χ1) is 12.6. The van der Waals surface area contributed by atoms with Crippen LogP contribution in [0.2, 0.25) is 0 Å². The van der Waals surface area contributed by atoms with E-state index in [2.05, 4.69) is 26.5 Å². The van der Waals surface area contributed by atoms with E-state index in [0.717, 1.165) is 31.9 Å². The molecular weight excluding hydrogens is 459 g/mol. The van der Waals surface area contributed by atoms with Crippen LogP contribution < -0.4 is 5.32 Å². The second-order valence-electron chi connectivity index (χ2n) is 7.09. The maximum Gasteiger partial charge on any atom is 0.229 e. The average Bonchev–Trinajstić information content (AvgIpc) is 3.23. The van der Waals surface area contributed by atoms with Crippen molar-refractivity contribution in [3.05, 3.63) is 18.0 Å². The van der Waals surface area contributed by atoms with E-state index < -0.39 is 0 Å². The Bertz CT molecular complexity index is 673. The van der Waals surface area contributed by atoms with Crippen LogP contribution in [0, 0.1) is 5.92 Å². The summed E-state index contributed by atoms with van der Waals surface area (Å²) in [5.74, 6) is 1.31. The number of nitrogens with one attached hydrogen (secondary N) is 1. The molecule has 150 valence electrons. The summed E-state index contributed by atoms with van der Waals surface area (Å²) in [6, 6.07) is 0. The number of carbonyl (C=O) groups is 2. The Labute approximate surface area is 177 Å². The van der Waals surface area contributed by atoms with E-state index >= 15 is 0 Å². The highest BCUT2D eigenvalue weighted by atomic mass is 127. The summed E-state index contributed by atoms with van der Waals surface area (Å²) in [5, 5.41) is 7.54. The van der Waals surface area contributed by atoms with Crippen molar-refractivity contribution in [3.8, 4) is 0 Å². The molecule has 2 amide bonds. The number of aliphatic imine (C=N–C) groups is 1. The van der Waals surface area contributed by atoms with E-state index in [9.17, 15) is 9.59 Å². The van der Waals surface area contributed by atoms with Crippen LogP contribution >= 0.6 is 24.0 Å². The van der Waals surface area contributed by atoms with Crippen LogP contribution in [0.3, 0.4) is 0 Å². The quantitative estimate of drug-likeness (QED) is 0.290. The lowest BCUT2D eigenvalue weighted by molar-refractivity contribution is -0.147. The summed E-state index contributed by atoms with van der Waals surface area (Å²) >= 11 is 0. The van der Waals surface area contributed by atoms with Crippen LogP contribution in [0.15, 0.2) is 17.4 Å². The van der Waals surface area contributed by atoms with Gasteiger partial charge in [0.15, 0.2) is 5.96 Å². The molecule has 1 unspecified atom stereocenters. The number of piperidine rings is 1. The summed E-state index contributed by atoms with van der Waals surface area (Å²) in [6.07, 6.45) is 7.78. The van der Waals surface area contributed by atoms with Crippen LogP contribution in [-0.4, -0.2) is 70.6 Å². The van der Waals surface area contributed by atoms with Crippen LogP contribution in [0.5, 0.6) is 0 Å². The zero-order valence-corrected chi connectivity index (χ0v) is 18.4. The maximum atomic E-state index is 11.9. The predicted octanol–water partition coefficient (Wildman–Crippen LogP) is 1.02. The standard InChI is InChI=1S/C18H28N6O2.HI/c1-19-18(20-7-9-24-16(25)4-3-5-17(24)26)23-8-6-14(13-23)10-15-11-21-22(2)12-15;/h11-12,14H,3-10,13H2,1-2H3,(H,19,20);1H. The fourth-order valence-electron chi connectivity index (χ4n) is 3.76. The molecule has 0 aliphatic carbocycles. The number of rotatable bonds is 5. The molecule has 2 aliphatic rings. The van der Waals surface area contributed by atoms with E-state index in [4.69, 9.17) is 0 Å². The van der Waals surface area contributed by atoms with Crippen LogP contribution in [-0.2, 0) is 23.1 Å². The fourth-order valence-corrected chi connectivity index (χ4v) is 3.76. The number of nitrogens with zero attached hydrogens (tertiary/aromatic N) is 5. The molecule has 1 aromatic heterocycles. The molecule has 3 heterocycles. The van der Waals surface area contributed by atoms with E-state index in [1.807, 2.05) is 17.9 Å². The maximum absolute atomic E-state index is 11.9. The van der Waals surface area contributed by atoms with Crippen molar-refractivity contribution >= 4 is 41.8 Å². The number of halogens is 1. The molecule has 3 rings (SSSR count). The Morgan fingerprint density at radius 1 is 1.33 bits per heavy atom. The van der Waals surface area contributed by atoms with Crippen molar-refractivity contribution in [1.82, 2.24) is 24.9 Å². The summed E-state index contributed by atoms with van der Waals surface area (Å²) in [5.41, 5.74) is 1.27. The Hall–Kier alpha value is -1.65. The van der Waals surface area contributed by atoms with Gasteiger partial charge in [-0.3, -0.25) is 24.2 Å². The highest BCUT2D eigenvalue weighted by Gasteiger charge is 2.27. The Morgan fingerprint density at radius 2 is 2.07 bits per heavy atom. The van der Waals surface area contributed by atoms with Gasteiger partial charge in [0, 0.05) is 59.3 Å². The van der Waals surface area contributed by atoms with Crippen molar-refractivity contribution in [2.24, 2.45) is 18.0 Å². The number of amides is 2. The van der Waals surface area contributed by atoms with Crippen molar-refractivity contribution < 1.29 is 9.59 Å². The molecule has 0 spiro atoms. The van der Waals surface area contributed by atoms with Crippen LogP contribution in [0.1, 0.15) is 31.2 Å². The predicted molar refractivity (Wildman–Crippen MR) is 114 cm³/mol. The molecule has 2 saturated heterocycles. The van der Waals surface area contributed by atoms with Gasteiger partial charge in [0.25, 0.3) is 0 Å². The monoisotopic (exact) mass is 488 g/mol. The SMILES string of the molecule is CN=C(NCCN1C(=O)CCCC1=O)N1CCC(Cc2cnn(C)c2)C1.I. The molecule has 2 aliphatic heterocycles. The number of imide groups is 1. The Balaban J connectivity index is 0.00000261. The molecule has 1 N–H and O–H groups in total. The number of aryl methyl sites for hydroxylation is 1. The van der Waals surface area contributed by atoms with Crippen LogP contribution in [0.4, 0.5) is 0 Å². The number of carbonyl (C=O) groups excluding carboxylic acids is 2. The van der Waals surface area contributed by atoms with Gasteiger partial charge in [-0.1, -0.05) is 0 Å². The minimum Gasteiger partial charge on any atom is -0.354 e. The molecule has 0 saturated carbocycles. The number of hydrogen-bond acceptors (Lipinski definition) is 4. The minimum absolute atomic E-state index is 0. The normalized spacial score (nSPS) is 20.8. The second-order valence-corrected chi connectivity index (χ2v) is 7.09. The van der Waals surface area contributed by atoms with Crippen molar-refractivity contribution in [1.29, 1.82) is 0 Å². The first kappa shape index (κ1) is 21.6.